The molecular weight excluding hydrogens is 501 g/mol. The molecule has 0 amide bonds. The fourth-order valence-corrected chi connectivity index (χ4v) is 9.59. The Kier molecular flexibility index (Phi) is 9.32. The molecule has 0 saturated carbocycles. The summed E-state index contributed by atoms with van der Waals surface area (Å²) >= 11 is 0. The topological polar surface area (TPSA) is 73.4 Å². The Morgan fingerprint density at radius 1 is 0.872 bits per heavy atom. The number of rotatable bonds is 10. The summed E-state index contributed by atoms with van der Waals surface area (Å²) in [6, 6.07) is 32.5. The van der Waals surface area contributed by atoms with Crippen molar-refractivity contribution >= 4 is 29.0 Å². The number of ketones is 1. The highest BCUT2D eigenvalue weighted by Gasteiger charge is 2.45. The highest BCUT2D eigenvalue weighted by atomic mass is 31.2. The molecule has 1 aliphatic carbocycles. The first-order chi connectivity index (χ1) is 18.9. The molecule has 1 atom stereocenters. The van der Waals surface area contributed by atoms with Crippen molar-refractivity contribution in [3.05, 3.63) is 126 Å². The first-order valence-corrected chi connectivity index (χ1v) is 15.3. The lowest BCUT2D eigenvalue weighted by Gasteiger charge is -2.40. The fourth-order valence-electron chi connectivity index (χ4n) is 5.46. The molecule has 4 N–H and O–H groups in total. The normalized spacial score (nSPS) is 18.0. The Hall–Kier alpha value is -3.34. The molecule has 1 aliphatic rings. The number of Topliss-reactive ketones (excluding diaryl/α,β-unsaturated/α-hetero) is 1. The van der Waals surface area contributed by atoms with Crippen molar-refractivity contribution in [1.82, 2.24) is 16.0 Å². The highest BCUT2D eigenvalue weighted by molar-refractivity contribution is 7.95. The van der Waals surface area contributed by atoms with Gasteiger partial charge in [-0.05, 0) is 63.5 Å². The predicted molar refractivity (Wildman–Crippen MR) is 165 cm³/mol. The number of benzene rings is 3. The summed E-state index contributed by atoms with van der Waals surface area (Å²) in [7, 11) is 3.41. The molecule has 0 saturated heterocycles. The van der Waals surface area contributed by atoms with Gasteiger partial charge in [-0.15, -0.1) is 0 Å². The second-order valence-electron chi connectivity index (χ2n) is 9.81. The molecular formula is C33H39N3O2P+. The quantitative estimate of drug-likeness (QED) is 0.180. The number of aliphatic hydroxyl groups excluding tert-OH is 1. The fraction of sp³-hybridized carbons (Fsp3) is 0.242. The summed E-state index contributed by atoms with van der Waals surface area (Å²) in [5, 5.41) is 24.1. The molecule has 0 aliphatic heterocycles. The standard InChI is InChI=1S/C33H39N3O2P/c1-25(20-21-29-31(34-2)32(38)30(37)24-33(29,35-3)36-4)22-23-39(26-14-8-5-9-15-26,27-16-10-6-11-17-27)28-18-12-7-13-19-28/h5-22,30,34-37H,23-24H2,1-4H3/q+1. The SMILES string of the molecule is CNC1=C(C=CC(C)=CC[P+](c2ccccc2)(c2ccccc2)c2ccccc2)C(NC)(NC)CC(O)C1=O. The lowest BCUT2D eigenvalue weighted by molar-refractivity contribution is -0.125. The Labute approximate surface area is 233 Å². The Balaban J connectivity index is 1.80. The number of aliphatic hydroxyl groups is 1. The zero-order valence-corrected chi connectivity index (χ0v) is 24.1. The van der Waals surface area contributed by atoms with Gasteiger partial charge in [0, 0.05) is 19.0 Å². The van der Waals surface area contributed by atoms with Gasteiger partial charge >= 0.3 is 0 Å². The molecule has 5 nitrogen and oxygen atoms in total. The van der Waals surface area contributed by atoms with Crippen LogP contribution in [0.3, 0.4) is 0 Å². The first kappa shape index (κ1) is 28.7. The minimum atomic E-state index is -1.98. The van der Waals surface area contributed by atoms with Gasteiger partial charge in [-0.25, -0.2) is 0 Å². The van der Waals surface area contributed by atoms with Crippen LogP contribution in [0.25, 0.3) is 0 Å². The van der Waals surface area contributed by atoms with E-state index in [0.29, 0.717) is 5.70 Å². The molecule has 0 spiro atoms. The number of likely N-dealkylation sites (N-methyl/N-ethyl adjacent to an activating group) is 3. The number of carbonyl (C=O) groups is 1. The minimum absolute atomic E-state index is 0.247. The van der Waals surface area contributed by atoms with Gasteiger partial charge in [0.15, 0.2) is 0 Å². The van der Waals surface area contributed by atoms with E-state index >= 15 is 0 Å². The van der Waals surface area contributed by atoms with Crippen LogP contribution < -0.4 is 31.9 Å². The molecule has 0 radical (unpaired) electrons. The molecule has 39 heavy (non-hydrogen) atoms. The van der Waals surface area contributed by atoms with E-state index in [1.807, 2.05) is 20.2 Å². The largest absolute Gasteiger partial charge is 0.385 e. The van der Waals surface area contributed by atoms with E-state index in [2.05, 4.69) is 126 Å². The zero-order valence-electron chi connectivity index (χ0n) is 23.2. The molecule has 3 aromatic carbocycles. The Morgan fingerprint density at radius 2 is 1.33 bits per heavy atom. The van der Waals surface area contributed by atoms with Crippen molar-refractivity contribution in [2.45, 2.75) is 25.1 Å². The van der Waals surface area contributed by atoms with Crippen molar-refractivity contribution < 1.29 is 9.90 Å². The number of nitrogens with one attached hydrogen (secondary N) is 3. The lowest BCUT2D eigenvalue weighted by Crippen LogP contribution is -2.61. The van der Waals surface area contributed by atoms with Crippen molar-refractivity contribution in [2.75, 3.05) is 27.3 Å². The van der Waals surface area contributed by atoms with Crippen LogP contribution in [0, 0.1) is 0 Å². The van der Waals surface area contributed by atoms with Gasteiger partial charge in [0.25, 0.3) is 0 Å². The average Bonchev–Trinajstić information content (AvgIpc) is 2.99. The van der Waals surface area contributed by atoms with Crippen LogP contribution in [0.4, 0.5) is 0 Å². The van der Waals surface area contributed by atoms with E-state index in [9.17, 15) is 9.90 Å². The van der Waals surface area contributed by atoms with E-state index in [1.165, 1.54) is 15.9 Å². The molecule has 0 heterocycles. The average molecular weight is 541 g/mol. The van der Waals surface area contributed by atoms with Gasteiger partial charge in [0.1, 0.15) is 29.3 Å². The van der Waals surface area contributed by atoms with Crippen LogP contribution in [0.1, 0.15) is 13.3 Å². The zero-order chi connectivity index (χ0) is 27.9. The monoisotopic (exact) mass is 540 g/mol. The van der Waals surface area contributed by atoms with Gasteiger partial charge in [-0.2, -0.15) is 0 Å². The summed E-state index contributed by atoms with van der Waals surface area (Å²) in [6.45, 7) is 2.10. The number of allylic oxidation sites excluding steroid dienone is 3. The summed E-state index contributed by atoms with van der Waals surface area (Å²) in [5.41, 5.74) is 1.58. The van der Waals surface area contributed by atoms with Crippen LogP contribution in [0.15, 0.2) is 126 Å². The summed E-state index contributed by atoms with van der Waals surface area (Å²) in [6.07, 6.45) is 6.40. The van der Waals surface area contributed by atoms with E-state index in [-0.39, 0.29) is 12.2 Å². The molecule has 3 aromatic rings. The highest BCUT2D eigenvalue weighted by Crippen LogP contribution is 2.55. The Morgan fingerprint density at radius 3 is 1.74 bits per heavy atom. The van der Waals surface area contributed by atoms with Crippen LogP contribution in [0.5, 0.6) is 0 Å². The first-order valence-electron chi connectivity index (χ1n) is 13.3. The second kappa shape index (κ2) is 12.7. The van der Waals surface area contributed by atoms with Crippen molar-refractivity contribution in [2.24, 2.45) is 0 Å². The third-order valence-electron chi connectivity index (χ3n) is 7.67. The number of hydrogen-bond acceptors (Lipinski definition) is 5. The molecule has 202 valence electrons. The maximum atomic E-state index is 12.8. The molecule has 0 aromatic heterocycles. The molecule has 6 heteroatoms. The van der Waals surface area contributed by atoms with Crippen LogP contribution in [-0.4, -0.2) is 50.0 Å². The Bertz CT molecular complexity index is 1250. The minimum Gasteiger partial charge on any atom is -0.385 e. The predicted octanol–water partition coefficient (Wildman–Crippen LogP) is 3.43. The lowest BCUT2D eigenvalue weighted by atomic mass is 9.82. The smallest absolute Gasteiger partial charge is 0.207 e. The van der Waals surface area contributed by atoms with Crippen molar-refractivity contribution in [3.63, 3.8) is 0 Å². The molecule has 4 rings (SSSR count). The van der Waals surface area contributed by atoms with E-state index in [4.69, 9.17) is 0 Å². The van der Waals surface area contributed by atoms with Gasteiger partial charge < -0.3 is 10.4 Å². The second-order valence-corrected chi connectivity index (χ2v) is 13.3. The summed E-state index contributed by atoms with van der Waals surface area (Å²) in [5.74, 6) is -0.290. The third kappa shape index (κ3) is 5.68. The van der Waals surface area contributed by atoms with Gasteiger partial charge in [0.05, 0.1) is 17.5 Å². The molecule has 0 bridgehead atoms. The number of carbonyl (C=O) groups excluding carboxylic acids is 1. The maximum absolute atomic E-state index is 12.8. The summed E-state index contributed by atoms with van der Waals surface area (Å²) in [4.78, 5) is 12.8. The summed E-state index contributed by atoms with van der Waals surface area (Å²) < 4.78 is 0. The van der Waals surface area contributed by atoms with Crippen LogP contribution >= 0.6 is 7.26 Å². The van der Waals surface area contributed by atoms with Gasteiger partial charge in [0.2, 0.25) is 5.78 Å². The molecule has 0 fully saturated rings. The van der Waals surface area contributed by atoms with Gasteiger partial charge in [-0.3, -0.25) is 15.4 Å². The maximum Gasteiger partial charge on any atom is 0.207 e. The van der Waals surface area contributed by atoms with Crippen molar-refractivity contribution in [1.29, 1.82) is 0 Å². The van der Waals surface area contributed by atoms with E-state index in [0.717, 1.165) is 17.3 Å². The van der Waals surface area contributed by atoms with Crippen LogP contribution in [-0.2, 0) is 4.79 Å². The van der Waals surface area contributed by atoms with Gasteiger partial charge in [-0.1, -0.05) is 72.3 Å². The number of hydrogen-bond donors (Lipinski definition) is 4. The van der Waals surface area contributed by atoms with Crippen LogP contribution in [0.2, 0.25) is 0 Å². The third-order valence-corrected chi connectivity index (χ3v) is 11.9. The molecule has 1 unspecified atom stereocenters. The van der Waals surface area contributed by atoms with E-state index < -0.39 is 19.0 Å². The van der Waals surface area contributed by atoms with E-state index in [1.54, 1.807) is 7.05 Å². The van der Waals surface area contributed by atoms with Crippen molar-refractivity contribution in [3.8, 4) is 0 Å².